The van der Waals surface area contributed by atoms with Crippen molar-refractivity contribution in [2.75, 3.05) is 7.11 Å². The van der Waals surface area contributed by atoms with Crippen LogP contribution < -0.4 is 9.58 Å². The number of nitrogens with zero attached hydrogens (tertiary/aromatic N) is 2. The molecule has 0 bridgehead atoms. The number of hydrogen-bond donors (Lipinski definition) is 0. The van der Waals surface area contributed by atoms with Gasteiger partial charge < -0.3 is 9.94 Å². The van der Waals surface area contributed by atoms with Crippen LogP contribution in [0, 0.1) is 5.21 Å². The Kier molecular flexibility index (Phi) is 1.48. The zero-order chi connectivity index (χ0) is 6.69. The SMILES string of the molecule is COc1cc[n+]([O-])nc1. The summed E-state index contributed by atoms with van der Waals surface area (Å²) in [4.78, 5) is 0.461. The third kappa shape index (κ3) is 1.28. The van der Waals surface area contributed by atoms with Crippen molar-refractivity contribution < 1.29 is 9.58 Å². The van der Waals surface area contributed by atoms with E-state index < -0.39 is 0 Å². The van der Waals surface area contributed by atoms with Crippen LogP contribution >= 0.6 is 0 Å². The molecule has 0 amide bonds. The number of rotatable bonds is 1. The predicted molar refractivity (Wildman–Crippen MR) is 29.7 cm³/mol. The molecule has 0 radical (unpaired) electrons. The van der Waals surface area contributed by atoms with Crippen molar-refractivity contribution in [3.8, 4) is 5.75 Å². The molecule has 0 fully saturated rings. The molecule has 1 rings (SSSR count). The highest BCUT2D eigenvalue weighted by molar-refractivity contribution is 5.10. The van der Waals surface area contributed by atoms with Gasteiger partial charge in [0.1, 0.15) is 11.9 Å². The molecule has 9 heavy (non-hydrogen) atoms. The smallest absolute Gasteiger partial charge is 0.213 e. The molecule has 0 aromatic carbocycles. The van der Waals surface area contributed by atoms with Crippen molar-refractivity contribution in [2.24, 2.45) is 0 Å². The summed E-state index contributed by atoms with van der Waals surface area (Å²) < 4.78 is 4.75. The van der Waals surface area contributed by atoms with E-state index in [9.17, 15) is 5.21 Å². The van der Waals surface area contributed by atoms with E-state index >= 15 is 0 Å². The van der Waals surface area contributed by atoms with Gasteiger partial charge >= 0.3 is 0 Å². The Bertz CT molecular complexity index is 185. The van der Waals surface area contributed by atoms with Gasteiger partial charge in [-0.15, -0.1) is 0 Å². The number of ether oxygens (including phenoxy) is 1. The maximum Gasteiger partial charge on any atom is 0.213 e. The van der Waals surface area contributed by atoms with Crippen LogP contribution in [0.4, 0.5) is 0 Å². The lowest BCUT2D eigenvalue weighted by molar-refractivity contribution is -0.669. The quantitative estimate of drug-likeness (QED) is 0.384. The van der Waals surface area contributed by atoms with E-state index in [-0.39, 0.29) is 0 Å². The fourth-order valence-corrected chi connectivity index (χ4v) is 0.453. The summed E-state index contributed by atoms with van der Waals surface area (Å²) in [6, 6.07) is 1.54. The summed E-state index contributed by atoms with van der Waals surface area (Å²) in [6.07, 6.45) is 2.63. The van der Waals surface area contributed by atoms with Crippen LogP contribution in [0.25, 0.3) is 0 Å². The normalized spacial score (nSPS) is 9.00. The van der Waals surface area contributed by atoms with Crippen LogP contribution in [0.3, 0.4) is 0 Å². The predicted octanol–water partition coefficient (Wildman–Crippen LogP) is -0.276. The number of hydrogen-bond acceptors (Lipinski definition) is 3. The topological polar surface area (TPSA) is 49.1 Å². The van der Waals surface area contributed by atoms with Gasteiger partial charge in [-0.3, -0.25) is 0 Å². The van der Waals surface area contributed by atoms with E-state index in [0.29, 0.717) is 10.6 Å². The first-order valence-electron chi connectivity index (χ1n) is 2.42. The van der Waals surface area contributed by atoms with Gasteiger partial charge in [0.25, 0.3) is 0 Å². The Balaban J connectivity index is 2.88. The van der Waals surface area contributed by atoms with E-state index in [4.69, 9.17) is 4.74 Å². The molecular weight excluding hydrogens is 120 g/mol. The van der Waals surface area contributed by atoms with E-state index in [1.54, 1.807) is 6.07 Å². The van der Waals surface area contributed by atoms with E-state index in [2.05, 4.69) is 5.10 Å². The molecule has 0 unspecified atom stereocenters. The molecule has 0 saturated heterocycles. The second kappa shape index (κ2) is 2.30. The van der Waals surface area contributed by atoms with Gasteiger partial charge in [-0.2, -0.15) is 0 Å². The molecule has 0 aliphatic carbocycles. The van der Waals surface area contributed by atoms with E-state index in [1.807, 2.05) is 0 Å². The van der Waals surface area contributed by atoms with Gasteiger partial charge in [-0.05, 0) is 0 Å². The minimum atomic E-state index is 0.461. The Morgan fingerprint density at radius 2 is 2.56 bits per heavy atom. The van der Waals surface area contributed by atoms with Gasteiger partial charge in [0, 0.05) is 11.2 Å². The molecule has 1 aromatic heterocycles. The van der Waals surface area contributed by atoms with Gasteiger partial charge in [0.05, 0.1) is 7.11 Å². The van der Waals surface area contributed by atoms with Crippen LogP contribution in [0.1, 0.15) is 0 Å². The standard InChI is InChI=1S/C5H6N2O2/c1-9-5-2-3-7(8)6-4-5/h2-4H,1H3. The van der Waals surface area contributed by atoms with Crippen molar-refractivity contribution in [3.63, 3.8) is 0 Å². The van der Waals surface area contributed by atoms with Crippen LogP contribution in [-0.4, -0.2) is 12.2 Å². The lowest BCUT2D eigenvalue weighted by Crippen LogP contribution is -2.29. The lowest BCUT2D eigenvalue weighted by Gasteiger charge is -1.94. The monoisotopic (exact) mass is 126 g/mol. The maximum atomic E-state index is 10.3. The van der Waals surface area contributed by atoms with Crippen LogP contribution in [0.2, 0.25) is 0 Å². The Morgan fingerprint density at radius 1 is 1.78 bits per heavy atom. The molecule has 4 heteroatoms. The molecule has 0 aliphatic heterocycles. The minimum Gasteiger partial charge on any atom is -0.594 e. The van der Waals surface area contributed by atoms with Gasteiger partial charge in [0.15, 0.2) is 0 Å². The second-order valence-electron chi connectivity index (χ2n) is 1.47. The lowest BCUT2D eigenvalue weighted by atomic mass is 10.5. The van der Waals surface area contributed by atoms with Crippen molar-refractivity contribution in [2.45, 2.75) is 0 Å². The molecule has 48 valence electrons. The number of methoxy groups -OCH3 is 1. The Hall–Kier alpha value is -1.32. The van der Waals surface area contributed by atoms with Crippen LogP contribution in [-0.2, 0) is 0 Å². The zero-order valence-corrected chi connectivity index (χ0v) is 4.94. The van der Waals surface area contributed by atoms with Gasteiger partial charge in [-0.1, -0.05) is 4.85 Å². The number of aromatic nitrogens is 2. The van der Waals surface area contributed by atoms with Crippen LogP contribution in [0.5, 0.6) is 5.75 Å². The fraction of sp³-hybridized carbons (Fsp3) is 0.200. The second-order valence-corrected chi connectivity index (χ2v) is 1.47. The summed E-state index contributed by atoms with van der Waals surface area (Å²) in [5.41, 5.74) is 0. The first-order chi connectivity index (χ1) is 4.33. The summed E-state index contributed by atoms with van der Waals surface area (Å²) in [7, 11) is 1.52. The molecule has 4 nitrogen and oxygen atoms in total. The largest absolute Gasteiger partial charge is 0.594 e. The summed E-state index contributed by atoms with van der Waals surface area (Å²) in [5, 5.41) is 13.7. The first kappa shape index (κ1) is 5.81. The average Bonchev–Trinajstić information content (AvgIpc) is 1.90. The molecule has 0 spiro atoms. The Morgan fingerprint density at radius 3 is 3.00 bits per heavy atom. The molecule has 0 atom stereocenters. The summed E-state index contributed by atoms with van der Waals surface area (Å²) in [5.74, 6) is 0.585. The average molecular weight is 126 g/mol. The maximum absolute atomic E-state index is 10.3. The molecule has 0 saturated carbocycles. The Labute approximate surface area is 52.3 Å². The highest BCUT2D eigenvalue weighted by Gasteiger charge is 1.91. The fourth-order valence-electron chi connectivity index (χ4n) is 0.453. The van der Waals surface area contributed by atoms with Crippen molar-refractivity contribution >= 4 is 0 Å². The van der Waals surface area contributed by atoms with E-state index in [1.165, 1.54) is 19.5 Å². The zero-order valence-electron chi connectivity index (χ0n) is 4.94. The van der Waals surface area contributed by atoms with Crippen molar-refractivity contribution in [1.82, 2.24) is 5.10 Å². The minimum absolute atomic E-state index is 0.461. The third-order valence-corrected chi connectivity index (χ3v) is 0.901. The first-order valence-corrected chi connectivity index (χ1v) is 2.42. The summed E-state index contributed by atoms with van der Waals surface area (Å²) in [6.45, 7) is 0. The third-order valence-electron chi connectivity index (χ3n) is 0.901. The molecular formula is C5H6N2O2. The summed E-state index contributed by atoms with van der Waals surface area (Å²) >= 11 is 0. The van der Waals surface area contributed by atoms with Crippen molar-refractivity contribution in [3.05, 3.63) is 23.7 Å². The molecule has 1 heterocycles. The molecule has 1 aromatic rings. The van der Waals surface area contributed by atoms with Gasteiger partial charge in [0.2, 0.25) is 6.20 Å². The highest BCUT2D eigenvalue weighted by atomic mass is 16.5. The molecule has 0 N–H and O–H groups in total. The van der Waals surface area contributed by atoms with Crippen molar-refractivity contribution in [1.29, 1.82) is 0 Å². The van der Waals surface area contributed by atoms with Gasteiger partial charge in [-0.25, -0.2) is 0 Å². The van der Waals surface area contributed by atoms with Crippen LogP contribution in [0.15, 0.2) is 18.5 Å². The molecule has 0 aliphatic rings. The highest BCUT2D eigenvalue weighted by Crippen LogP contribution is 2.00. The van der Waals surface area contributed by atoms with E-state index in [0.717, 1.165) is 0 Å².